The Morgan fingerprint density at radius 2 is 1.24 bits per heavy atom. The molecule has 0 radical (unpaired) electrons. The molecular weight excluding hydrogens is 449 g/mol. The Morgan fingerprint density at radius 1 is 0.727 bits per heavy atom. The molecule has 0 spiro atoms. The summed E-state index contributed by atoms with van der Waals surface area (Å²) in [6.07, 6.45) is 2.60. The number of hydrogen-bond acceptors (Lipinski definition) is 1. The van der Waals surface area contributed by atoms with Crippen molar-refractivity contribution in [2.45, 2.75) is 121 Å². The third-order valence-corrected chi connectivity index (χ3v) is 9.84. The molecule has 0 aromatic carbocycles. The Labute approximate surface area is 192 Å². The Morgan fingerprint density at radius 3 is 1.76 bits per heavy atom. The molecule has 5 aliphatic rings. The van der Waals surface area contributed by atoms with Gasteiger partial charge in [-0.2, -0.15) is 30.7 Å². The summed E-state index contributed by atoms with van der Waals surface area (Å²) < 4.78 is 102. The molecule has 0 aliphatic heterocycles. The first-order chi connectivity index (χ1) is 15.3. The van der Waals surface area contributed by atoms with Gasteiger partial charge in [0.05, 0.1) is 18.1 Å². The Balaban J connectivity index is 1.22. The normalized spacial score (nSPS) is 42.9. The molecule has 5 rings (SSSR count). The fraction of sp³-hybridized carbons (Fsp3) is 1.00. The minimum Gasteiger partial charge on any atom is -0.377 e. The van der Waals surface area contributed by atoms with Crippen molar-refractivity contribution < 1.29 is 35.5 Å². The van der Waals surface area contributed by atoms with Gasteiger partial charge in [0.15, 0.2) is 0 Å². The van der Waals surface area contributed by atoms with Gasteiger partial charge < -0.3 is 4.74 Å². The average Bonchev–Trinajstić information content (AvgIpc) is 2.76. The molecule has 2 bridgehead atoms. The van der Waals surface area contributed by atoms with Crippen LogP contribution >= 0.6 is 0 Å². The van der Waals surface area contributed by atoms with Crippen molar-refractivity contribution in [3.63, 3.8) is 0 Å². The minimum absolute atomic E-state index is 0.0824. The van der Waals surface area contributed by atoms with E-state index in [0.717, 1.165) is 51.4 Å². The zero-order chi connectivity index (χ0) is 24.1. The lowest BCUT2D eigenvalue weighted by Crippen LogP contribution is -2.69. The second-order valence-corrected chi connectivity index (χ2v) is 11.8. The maximum absolute atomic E-state index is 14.9. The van der Waals surface area contributed by atoms with Crippen molar-refractivity contribution in [3.8, 4) is 0 Å². The Bertz CT molecular complexity index is 665. The molecule has 0 heterocycles. The van der Waals surface area contributed by atoms with Crippen molar-refractivity contribution in [1.82, 2.24) is 0 Å². The van der Waals surface area contributed by atoms with Gasteiger partial charge in [0.25, 0.3) is 0 Å². The van der Waals surface area contributed by atoms with Gasteiger partial charge in [-0.25, -0.2) is 0 Å². The number of fused-ring (bicyclic) bond motifs is 3. The molecule has 0 aromatic heterocycles. The summed E-state index contributed by atoms with van der Waals surface area (Å²) in [7, 11) is 0. The van der Waals surface area contributed by atoms with E-state index in [1.807, 2.05) is 0 Å². The van der Waals surface area contributed by atoms with Gasteiger partial charge >= 0.3 is 18.0 Å². The van der Waals surface area contributed by atoms with E-state index in [4.69, 9.17) is 4.74 Å². The van der Waals surface area contributed by atoms with Crippen molar-refractivity contribution in [3.05, 3.63) is 0 Å². The van der Waals surface area contributed by atoms with E-state index >= 15 is 0 Å². The lowest BCUT2D eigenvalue weighted by atomic mass is 9.50. The summed E-state index contributed by atoms with van der Waals surface area (Å²) >= 11 is 0. The smallest absolute Gasteiger partial charge is 0.377 e. The maximum Gasteiger partial charge on any atom is 0.389 e. The van der Waals surface area contributed by atoms with Gasteiger partial charge in [0.1, 0.15) is 0 Å². The number of halogens is 7. The van der Waals surface area contributed by atoms with Gasteiger partial charge in [-0.1, -0.05) is 19.8 Å². The highest BCUT2D eigenvalue weighted by Crippen LogP contribution is 2.70. The predicted molar refractivity (Wildman–Crippen MR) is 111 cm³/mol. The first kappa shape index (κ1) is 25.6. The highest BCUT2D eigenvalue weighted by atomic mass is 19.4. The van der Waals surface area contributed by atoms with Crippen LogP contribution in [0.1, 0.15) is 96.8 Å². The molecule has 33 heavy (non-hydrogen) atoms. The van der Waals surface area contributed by atoms with Gasteiger partial charge in [-0.15, -0.1) is 0 Å². The molecule has 0 atom stereocenters. The molecule has 0 aromatic rings. The van der Waals surface area contributed by atoms with Crippen LogP contribution in [-0.2, 0) is 4.74 Å². The van der Waals surface area contributed by atoms with Crippen LogP contribution in [0.15, 0.2) is 0 Å². The van der Waals surface area contributed by atoms with Crippen LogP contribution in [0.5, 0.6) is 0 Å². The van der Waals surface area contributed by atoms with Crippen LogP contribution in [-0.4, -0.2) is 30.7 Å². The molecule has 5 aliphatic carbocycles. The van der Waals surface area contributed by atoms with Crippen LogP contribution in [0.25, 0.3) is 0 Å². The van der Waals surface area contributed by atoms with E-state index in [9.17, 15) is 30.7 Å². The van der Waals surface area contributed by atoms with E-state index in [1.165, 1.54) is 6.92 Å². The first-order valence-electron chi connectivity index (χ1n) is 12.7. The minimum atomic E-state index is -4.08. The van der Waals surface area contributed by atoms with E-state index in [-0.39, 0.29) is 50.7 Å². The number of alkyl halides is 7. The Hall–Kier alpha value is -0.530. The molecule has 1 nitrogen and oxygen atoms in total. The van der Waals surface area contributed by atoms with Gasteiger partial charge in [-0.3, -0.25) is 0 Å². The Kier molecular flexibility index (Phi) is 6.85. The molecule has 192 valence electrons. The molecule has 5 saturated carbocycles. The van der Waals surface area contributed by atoms with Crippen molar-refractivity contribution >= 4 is 0 Å². The first-order valence-corrected chi connectivity index (χ1v) is 12.7. The van der Waals surface area contributed by atoms with Gasteiger partial charge in [-0.05, 0) is 88.4 Å². The molecule has 8 heteroatoms. The van der Waals surface area contributed by atoms with Crippen LogP contribution in [0, 0.1) is 28.6 Å². The molecular formula is C25H37F7O. The SMILES string of the molecule is CC12CCC(COC3CCC(C4CCC(CCC(F)(F)F)CC4)CC3)(CC1)C(F)(F)C2(F)F. The van der Waals surface area contributed by atoms with Crippen LogP contribution < -0.4 is 0 Å². The zero-order valence-corrected chi connectivity index (χ0v) is 19.5. The highest BCUT2D eigenvalue weighted by molar-refractivity contribution is 5.16. The third kappa shape index (κ3) is 4.67. The third-order valence-electron chi connectivity index (χ3n) is 9.84. The van der Waals surface area contributed by atoms with Crippen molar-refractivity contribution in [2.24, 2.45) is 28.6 Å². The van der Waals surface area contributed by atoms with Gasteiger partial charge in [0, 0.05) is 11.8 Å². The lowest BCUT2D eigenvalue weighted by Gasteiger charge is -2.60. The van der Waals surface area contributed by atoms with E-state index in [1.54, 1.807) is 0 Å². The molecule has 0 amide bonds. The topological polar surface area (TPSA) is 9.23 Å². The molecule has 0 saturated heterocycles. The summed E-state index contributed by atoms with van der Waals surface area (Å²) in [5.74, 6) is -6.87. The second-order valence-electron chi connectivity index (χ2n) is 11.8. The number of hydrogen-bond donors (Lipinski definition) is 0. The number of rotatable bonds is 6. The van der Waals surface area contributed by atoms with Gasteiger partial charge in [0.2, 0.25) is 0 Å². The largest absolute Gasteiger partial charge is 0.389 e. The summed E-state index contributed by atoms with van der Waals surface area (Å²) in [4.78, 5) is 0. The van der Waals surface area contributed by atoms with Crippen molar-refractivity contribution in [1.29, 1.82) is 0 Å². The second kappa shape index (κ2) is 8.85. The van der Waals surface area contributed by atoms with E-state index < -0.39 is 35.3 Å². The monoisotopic (exact) mass is 486 g/mol. The van der Waals surface area contributed by atoms with Crippen molar-refractivity contribution in [2.75, 3.05) is 6.61 Å². The summed E-state index contributed by atoms with van der Waals surface area (Å²) in [5, 5.41) is 0. The fourth-order valence-electron chi connectivity index (χ4n) is 7.18. The standard InChI is InChI=1S/C25H37F7O/c1-21-12-14-22(15-13-21,25(31,32)24(21,29)30)16-33-20-8-6-19(7-9-20)18-4-2-17(3-5-18)10-11-23(26,27)28/h17-20H,2-16H2,1H3. The zero-order valence-electron chi connectivity index (χ0n) is 19.5. The van der Waals surface area contributed by atoms with E-state index in [2.05, 4.69) is 0 Å². The van der Waals surface area contributed by atoms with Crippen LogP contribution in [0.3, 0.4) is 0 Å². The molecule has 0 unspecified atom stereocenters. The van der Waals surface area contributed by atoms with Crippen LogP contribution in [0.2, 0.25) is 0 Å². The fourth-order valence-corrected chi connectivity index (χ4v) is 7.18. The molecule has 5 fully saturated rings. The summed E-state index contributed by atoms with van der Waals surface area (Å²) in [6.45, 7) is 0.987. The summed E-state index contributed by atoms with van der Waals surface area (Å²) in [5.41, 5.74) is -3.39. The predicted octanol–water partition coefficient (Wildman–Crippen LogP) is 8.56. The highest BCUT2D eigenvalue weighted by Gasteiger charge is 2.80. The maximum atomic E-state index is 14.9. The average molecular weight is 487 g/mol. The summed E-state index contributed by atoms with van der Waals surface area (Å²) in [6, 6.07) is 0. The lowest BCUT2D eigenvalue weighted by molar-refractivity contribution is -0.371. The van der Waals surface area contributed by atoms with Crippen LogP contribution in [0.4, 0.5) is 30.7 Å². The molecule has 0 N–H and O–H groups in total. The number of ether oxygens (including phenoxy) is 1. The van der Waals surface area contributed by atoms with E-state index in [0.29, 0.717) is 11.8 Å². The quantitative estimate of drug-likeness (QED) is 0.342.